The minimum absolute atomic E-state index is 0.149. The molecule has 2 N–H and O–H groups in total. The van der Waals surface area contributed by atoms with Crippen LogP contribution in [-0.2, 0) is 13.5 Å². The number of rotatable bonds is 4. The van der Waals surface area contributed by atoms with Gasteiger partial charge in [-0.15, -0.1) is 11.3 Å². The fourth-order valence-corrected chi connectivity index (χ4v) is 2.84. The molecule has 0 fully saturated rings. The van der Waals surface area contributed by atoms with E-state index < -0.39 is 0 Å². The lowest BCUT2D eigenvalue weighted by molar-refractivity contribution is 0.601. The van der Waals surface area contributed by atoms with Gasteiger partial charge in [0.15, 0.2) is 5.82 Å². The zero-order valence-electron chi connectivity index (χ0n) is 11.2. The van der Waals surface area contributed by atoms with E-state index >= 15 is 0 Å². The van der Waals surface area contributed by atoms with Gasteiger partial charge in [0.05, 0.1) is 10.9 Å². The smallest absolute Gasteiger partial charge is 0.191 e. The number of hydrogen-bond acceptors (Lipinski definition) is 4. The number of nitrogens with two attached hydrogens (primary N) is 1. The lowest BCUT2D eigenvalue weighted by Gasteiger charge is -2.10. The van der Waals surface area contributed by atoms with E-state index in [4.69, 9.17) is 5.73 Å². The Kier molecular flexibility index (Phi) is 3.62. The van der Waals surface area contributed by atoms with Crippen LogP contribution in [0.15, 0.2) is 47.8 Å². The molecule has 0 bridgehead atoms. The second-order valence-electron chi connectivity index (χ2n) is 4.69. The molecular formula is C15H16N4S. The van der Waals surface area contributed by atoms with E-state index in [0.29, 0.717) is 0 Å². The molecule has 2 aromatic heterocycles. The fraction of sp³-hybridized carbons (Fsp3) is 0.200. The number of thiophene rings is 1. The van der Waals surface area contributed by atoms with Crippen LogP contribution >= 0.6 is 11.3 Å². The van der Waals surface area contributed by atoms with Crippen LogP contribution in [0.4, 0.5) is 0 Å². The number of aromatic nitrogens is 3. The molecule has 4 nitrogen and oxygen atoms in total. The van der Waals surface area contributed by atoms with Crippen LogP contribution in [0.5, 0.6) is 0 Å². The molecule has 3 rings (SSSR count). The van der Waals surface area contributed by atoms with Crippen molar-refractivity contribution in [3.05, 3.63) is 59.2 Å². The van der Waals surface area contributed by atoms with Gasteiger partial charge in [0, 0.05) is 7.05 Å². The Morgan fingerprint density at radius 2 is 2.00 bits per heavy atom. The lowest BCUT2D eigenvalue weighted by atomic mass is 10.1. The first-order chi connectivity index (χ1) is 9.74. The maximum atomic E-state index is 6.27. The SMILES string of the molecule is Cn1nc(-c2cccs2)nc1C(N)Cc1ccccc1. The summed E-state index contributed by atoms with van der Waals surface area (Å²) in [5, 5.41) is 6.47. The Balaban J connectivity index is 1.83. The molecule has 20 heavy (non-hydrogen) atoms. The van der Waals surface area contributed by atoms with Gasteiger partial charge >= 0.3 is 0 Å². The summed E-state index contributed by atoms with van der Waals surface area (Å²) in [5.41, 5.74) is 7.48. The molecule has 0 aliphatic heterocycles. The predicted octanol–water partition coefficient (Wildman–Crippen LogP) is 2.79. The van der Waals surface area contributed by atoms with Crippen LogP contribution in [0.2, 0.25) is 0 Å². The largest absolute Gasteiger partial charge is 0.321 e. The van der Waals surface area contributed by atoms with Gasteiger partial charge in [-0.3, -0.25) is 4.68 Å². The molecule has 102 valence electrons. The van der Waals surface area contributed by atoms with Crippen LogP contribution in [0.3, 0.4) is 0 Å². The van der Waals surface area contributed by atoms with E-state index in [-0.39, 0.29) is 6.04 Å². The molecule has 2 heterocycles. The van der Waals surface area contributed by atoms with Crippen molar-refractivity contribution in [1.82, 2.24) is 14.8 Å². The maximum Gasteiger partial charge on any atom is 0.191 e. The summed E-state index contributed by atoms with van der Waals surface area (Å²) in [6.45, 7) is 0. The lowest BCUT2D eigenvalue weighted by Crippen LogP contribution is -2.18. The highest BCUT2D eigenvalue weighted by Gasteiger charge is 2.16. The van der Waals surface area contributed by atoms with Gasteiger partial charge in [0.1, 0.15) is 5.82 Å². The monoisotopic (exact) mass is 284 g/mol. The third-order valence-corrected chi connectivity index (χ3v) is 4.03. The summed E-state index contributed by atoms with van der Waals surface area (Å²) in [4.78, 5) is 5.65. The van der Waals surface area contributed by atoms with Crippen LogP contribution in [0.25, 0.3) is 10.7 Å². The summed E-state index contributed by atoms with van der Waals surface area (Å²) in [7, 11) is 1.89. The number of nitrogens with zero attached hydrogens (tertiary/aromatic N) is 3. The standard InChI is InChI=1S/C15H16N4S/c1-19-15(12(16)10-11-6-3-2-4-7-11)17-14(18-19)13-8-5-9-20-13/h2-9,12H,10,16H2,1H3. The summed E-state index contributed by atoms with van der Waals surface area (Å²) in [5.74, 6) is 1.57. The number of aryl methyl sites for hydroxylation is 1. The van der Waals surface area contributed by atoms with Crippen molar-refractivity contribution < 1.29 is 0 Å². The Labute approximate surface area is 121 Å². The molecular weight excluding hydrogens is 268 g/mol. The zero-order chi connectivity index (χ0) is 13.9. The molecule has 0 saturated carbocycles. The Bertz CT molecular complexity index is 673. The van der Waals surface area contributed by atoms with Crippen molar-refractivity contribution in [3.8, 4) is 10.7 Å². The third-order valence-electron chi connectivity index (χ3n) is 3.17. The van der Waals surface area contributed by atoms with Gasteiger partial charge in [-0.25, -0.2) is 4.98 Å². The zero-order valence-corrected chi connectivity index (χ0v) is 12.0. The Hall–Kier alpha value is -1.98. The fourth-order valence-electron chi connectivity index (χ4n) is 2.19. The van der Waals surface area contributed by atoms with Crippen molar-refractivity contribution in [3.63, 3.8) is 0 Å². The average Bonchev–Trinajstić information content (AvgIpc) is 3.08. The summed E-state index contributed by atoms with van der Waals surface area (Å²) < 4.78 is 1.78. The highest BCUT2D eigenvalue weighted by atomic mass is 32.1. The Morgan fingerprint density at radius 1 is 1.20 bits per heavy atom. The summed E-state index contributed by atoms with van der Waals surface area (Å²) in [6.07, 6.45) is 0.761. The second kappa shape index (κ2) is 5.56. The number of hydrogen-bond donors (Lipinski definition) is 1. The molecule has 0 amide bonds. The maximum absolute atomic E-state index is 6.27. The number of benzene rings is 1. The molecule has 0 spiro atoms. The molecule has 1 unspecified atom stereocenters. The normalized spacial score (nSPS) is 12.5. The molecule has 5 heteroatoms. The van der Waals surface area contributed by atoms with Crippen LogP contribution < -0.4 is 5.73 Å². The molecule has 1 atom stereocenters. The molecule has 0 saturated heterocycles. The highest BCUT2D eigenvalue weighted by Crippen LogP contribution is 2.23. The molecule has 0 radical (unpaired) electrons. The minimum Gasteiger partial charge on any atom is -0.321 e. The molecule has 0 aliphatic carbocycles. The molecule has 1 aromatic carbocycles. The van der Waals surface area contributed by atoms with Crippen molar-refractivity contribution >= 4 is 11.3 Å². The van der Waals surface area contributed by atoms with Crippen molar-refractivity contribution in [2.75, 3.05) is 0 Å². The van der Waals surface area contributed by atoms with Gasteiger partial charge in [-0.1, -0.05) is 36.4 Å². The Morgan fingerprint density at radius 3 is 2.70 bits per heavy atom. The van der Waals surface area contributed by atoms with Gasteiger partial charge in [-0.2, -0.15) is 5.10 Å². The van der Waals surface area contributed by atoms with Gasteiger partial charge in [0.2, 0.25) is 0 Å². The summed E-state index contributed by atoms with van der Waals surface area (Å²) >= 11 is 1.63. The first-order valence-electron chi connectivity index (χ1n) is 6.48. The topological polar surface area (TPSA) is 56.7 Å². The van der Waals surface area contributed by atoms with Gasteiger partial charge < -0.3 is 5.73 Å². The van der Waals surface area contributed by atoms with Gasteiger partial charge in [0.25, 0.3) is 0 Å². The average molecular weight is 284 g/mol. The quantitative estimate of drug-likeness (QED) is 0.801. The van der Waals surface area contributed by atoms with Crippen LogP contribution in [-0.4, -0.2) is 14.8 Å². The first kappa shape index (κ1) is 13.0. The van der Waals surface area contributed by atoms with E-state index in [1.807, 2.05) is 42.8 Å². The first-order valence-corrected chi connectivity index (χ1v) is 7.36. The molecule has 0 aliphatic rings. The van der Waals surface area contributed by atoms with Crippen LogP contribution in [0.1, 0.15) is 17.4 Å². The van der Waals surface area contributed by atoms with E-state index in [9.17, 15) is 0 Å². The second-order valence-corrected chi connectivity index (χ2v) is 5.64. The highest BCUT2D eigenvalue weighted by molar-refractivity contribution is 7.13. The van der Waals surface area contributed by atoms with E-state index in [0.717, 1.165) is 22.9 Å². The van der Waals surface area contributed by atoms with Crippen molar-refractivity contribution in [1.29, 1.82) is 0 Å². The van der Waals surface area contributed by atoms with Crippen molar-refractivity contribution in [2.45, 2.75) is 12.5 Å². The van der Waals surface area contributed by atoms with E-state index in [1.54, 1.807) is 16.0 Å². The molecule has 3 aromatic rings. The summed E-state index contributed by atoms with van der Waals surface area (Å²) in [6, 6.07) is 14.1. The van der Waals surface area contributed by atoms with Gasteiger partial charge in [-0.05, 0) is 23.4 Å². The van der Waals surface area contributed by atoms with Crippen LogP contribution in [0, 0.1) is 0 Å². The minimum atomic E-state index is -0.149. The third kappa shape index (κ3) is 2.64. The van der Waals surface area contributed by atoms with Crippen molar-refractivity contribution in [2.24, 2.45) is 12.8 Å². The van der Waals surface area contributed by atoms with E-state index in [1.165, 1.54) is 5.56 Å². The van der Waals surface area contributed by atoms with E-state index in [2.05, 4.69) is 22.2 Å². The predicted molar refractivity (Wildman–Crippen MR) is 81.4 cm³/mol.